The third-order valence-electron chi connectivity index (χ3n) is 4.99. The molecule has 0 unspecified atom stereocenters. The molecular weight excluding hydrogens is 384 g/mol. The quantitative estimate of drug-likeness (QED) is 0.535. The fraction of sp³-hybridized carbons (Fsp3) is 0.526. The molecule has 2 aromatic rings. The summed E-state index contributed by atoms with van der Waals surface area (Å²) in [7, 11) is -2.92. The standard InChI is InChI=1S/C19H24N2O4S2/c1-11-7-13(3)16(8-12(11)2)18(22)14(4)26-19-21-20-17(25-19)9-15-5-6-27(23,24)10-15/h7-8,14-15H,5-6,9-10H2,1-4H3/t14-,15+/m1/s1. The predicted octanol–water partition coefficient (Wildman–Crippen LogP) is 3.34. The van der Waals surface area contributed by atoms with E-state index in [1.807, 2.05) is 39.8 Å². The molecule has 27 heavy (non-hydrogen) atoms. The third-order valence-corrected chi connectivity index (χ3v) is 7.76. The maximum Gasteiger partial charge on any atom is 0.277 e. The van der Waals surface area contributed by atoms with Gasteiger partial charge in [0.25, 0.3) is 5.22 Å². The summed E-state index contributed by atoms with van der Waals surface area (Å²) in [4.78, 5) is 12.8. The highest BCUT2D eigenvalue weighted by atomic mass is 32.2. The fourth-order valence-electron chi connectivity index (χ4n) is 3.30. The Labute approximate surface area is 164 Å². The lowest BCUT2D eigenvalue weighted by molar-refractivity contribution is 0.0993. The number of Topliss-reactive ketones (excluding diaryl/α,β-unsaturated/α-hetero) is 1. The molecule has 1 saturated heterocycles. The summed E-state index contributed by atoms with van der Waals surface area (Å²) < 4.78 is 28.7. The van der Waals surface area contributed by atoms with Gasteiger partial charge >= 0.3 is 0 Å². The van der Waals surface area contributed by atoms with Gasteiger partial charge in [-0.15, -0.1) is 10.2 Å². The molecule has 1 aromatic heterocycles. The number of aromatic nitrogens is 2. The molecule has 8 heteroatoms. The summed E-state index contributed by atoms with van der Waals surface area (Å²) in [6.07, 6.45) is 1.10. The van der Waals surface area contributed by atoms with Crippen molar-refractivity contribution in [2.45, 2.75) is 51.0 Å². The average Bonchev–Trinajstić information content (AvgIpc) is 3.16. The Balaban J connectivity index is 1.65. The van der Waals surface area contributed by atoms with E-state index in [1.165, 1.54) is 17.3 Å². The first-order valence-electron chi connectivity index (χ1n) is 8.96. The first kappa shape index (κ1) is 20.1. The van der Waals surface area contributed by atoms with E-state index in [0.29, 0.717) is 29.5 Å². The number of benzene rings is 1. The topological polar surface area (TPSA) is 90.1 Å². The minimum atomic E-state index is -2.92. The van der Waals surface area contributed by atoms with Crippen molar-refractivity contribution in [3.05, 3.63) is 40.3 Å². The van der Waals surface area contributed by atoms with E-state index in [1.54, 1.807) is 0 Å². The van der Waals surface area contributed by atoms with E-state index >= 15 is 0 Å². The minimum Gasteiger partial charge on any atom is -0.416 e. The van der Waals surface area contributed by atoms with E-state index < -0.39 is 9.84 Å². The SMILES string of the molecule is Cc1cc(C)c(C(=O)[C@@H](C)Sc2nnc(C[C@@H]3CCS(=O)(=O)C3)o2)cc1C. The molecule has 1 aliphatic rings. The lowest BCUT2D eigenvalue weighted by Gasteiger charge is -2.12. The number of ketones is 1. The summed E-state index contributed by atoms with van der Waals surface area (Å²) in [5.74, 6) is 0.905. The highest BCUT2D eigenvalue weighted by molar-refractivity contribution is 8.00. The van der Waals surface area contributed by atoms with Gasteiger partial charge in [0.15, 0.2) is 15.6 Å². The Morgan fingerprint density at radius 1 is 1.22 bits per heavy atom. The van der Waals surface area contributed by atoms with Crippen molar-refractivity contribution < 1.29 is 17.6 Å². The van der Waals surface area contributed by atoms with Crippen molar-refractivity contribution in [3.8, 4) is 0 Å². The van der Waals surface area contributed by atoms with E-state index in [9.17, 15) is 13.2 Å². The van der Waals surface area contributed by atoms with Crippen molar-refractivity contribution in [2.24, 2.45) is 5.92 Å². The van der Waals surface area contributed by atoms with E-state index in [4.69, 9.17) is 4.42 Å². The van der Waals surface area contributed by atoms with Gasteiger partial charge in [-0.2, -0.15) is 0 Å². The van der Waals surface area contributed by atoms with Gasteiger partial charge in [-0.1, -0.05) is 17.8 Å². The van der Waals surface area contributed by atoms with Crippen LogP contribution in [0.4, 0.5) is 0 Å². The smallest absolute Gasteiger partial charge is 0.277 e. The molecule has 1 aromatic carbocycles. The number of hydrogen-bond donors (Lipinski definition) is 0. The molecule has 0 saturated carbocycles. The number of rotatable bonds is 6. The summed E-state index contributed by atoms with van der Waals surface area (Å²) in [6, 6.07) is 3.96. The molecule has 2 atom stereocenters. The molecular formula is C19H24N2O4S2. The van der Waals surface area contributed by atoms with Crippen LogP contribution in [0.15, 0.2) is 21.8 Å². The fourth-order valence-corrected chi connectivity index (χ4v) is 5.93. The summed E-state index contributed by atoms with van der Waals surface area (Å²) in [5, 5.41) is 8.01. The molecule has 146 valence electrons. The second-order valence-electron chi connectivity index (χ2n) is 7.31. The summed E-state index contributed by atoms with van der Waals surface area (Å²) in [6.45, 7) is 7.80. The molecule has 1 aliphatic heterocycles. The van der Waals surface area contributed by atoms with Gasteiger partial charge in [-0.25, -0.2) is 8.42 Å². The van der Waals surface area contributed by atoms with Crippen LogP contribution >= 0.6 is 11.8 Å². The molecule has 0 spiro atoms. The number of carbonyl (C=O) groups is 1. The number of carbonyl (C=O) groups excluding carboxylic acids is 1. The number of thioether (sulfide) groups is 1. The Kier molecular flexibility index (Phi) is 5.76. The summed E-state index contributed by atoms with van der Waals surface area (Å²) in [5.41, 5.74) is 3.94. The van der Waals surface area contributed by atoms with Gasteiger partial charge in [-0.3, -0.25) is 4.79 Å². The van der Waals surface area contributed by atoms with Gasteiger partial charge in [0.2, 0.25) is 5.89 Å². The molecule has 0 radical (unpaired) electrons. The number of sulfone groups is 1. The van der Waals surface area contributed by atoms with Crippen molar-refractivity contribution >= 4 is 27.4 Å². The molecule has 3 rings (SSSR count). The van der Waals surface area contributed by atoms with Gasteiger partial charge < -0.3 is 4.42 Å². The van der Waals surface area contributed by atoms with Crippen LogP contribution in [0.25, 0.3) is 0 Å². The van der Waals surface area contributed by atoms with Crippen LogP contribution in [0, 0.1) is 26.7 Å². The van der Waals surface area contributed by atoms with Crippen LogP contribution in [0.3, 0.4) is 0 Å². The first-order valence-corrected chi connectivity index (χ1v) is 11.7. The van der Waals surface area contributed by atoms with E-state index in [0.717, 1.165) is 11.1 Å². The zero-order valence-corrected chi connectivity index (χ0v) is 17.6. The largest absolute Gasteiger partial charge is 0.416 e. The van der Waals surface area contributed by atoms with Crippen molar-refractivity contribution in [1.29, 1.82) is 0 Å². The van der Waals surface area contributed by atoms with E-state index in [2.05, 4.69) is 10.2 Å². The first-order chi connectivity index (χ1) is 12.6. The molecule has 2 heterocycles. The zero-order chi connectivity index (χ0) is 19.8. The van der Waals surface area contributed by atoms with Crippen LogP contribution in [-0.2, 0) is 16.3 Å². The normalized spacial score (nSPS) is 19.9. The number of nitrogens with zero attached hydrogens (tertiary/aromatic N) is 2. The third kappa shape index (κ3) is 4.79. The van der Waals surface area contributed by atoms with Gasteiger partial charge in [0.05, 0.1) is 16.8 Å². The van der Waals surface area contributed by atoms with Crippen LogP contribution < -0.4 is 0 Å². The lowest BCUT2D eigenvalue weighted by Crippen LogP contribution is -2.15. The van der Waals surface area contributed by atoms with Crippen LogP contribution in [-0.4, -0.2) is 41.2 Å². The Hall–Kier alpha value is -1.67. The monoisotopic (exact) mass is 408 g/mol. The maximum absolute atomic E-state index is 12.8. The zero-order valence-electron chi connectivity index (χ0n) is 16.0. The molecule has 1 fully saturated rings. The van der Waals surface area contributed by atoms with Gasteiger partial charge in [0.1, 0.15) is 0 Å². The van der Waals surface area contributed by atoms with Crippen molar-refractivity contribution in [2.75, 3.05) is 11.5 Å². The van der Waals surface area contributed by atoms with E-state index in [-0.39, 0.29) is 28.5 Å². The lowest BCUT2D eigenvalue weighted by atomic mass is 9.97. The molecule has 0 aliphatic carbocycles. The predicted molar refractivity (Wildman–Crippen MR) is 105 cm³/mol. The maximum atomic E-state index is 12.8. The second kappa shape index (κ2) is 7.75. The van der Waals surface area contributed by atoms with Crippen LogP contribution in [0.1, 0.15) is 46.3 Å². The van der Waals surface area contributed by atoms with Crippen LogP contribution in [0.5, 0.6) is 0 Å². The molecule has 0 amide bonds. The average molecular weight is 409 g/mol. The minimum absolute atomic E-state index is 0.0298. The number of hydrogen-bond acceptors (Lipinski definition) is 7. The van der Waals surface area contributed by atoms with Gasteiger partial charge in [-0.05, 0) is 62.8 Å². The molecule has 6 nitrogen and oxygen atoms in total. The highest BCUT2D eigenvalue weighted by Gasteiger charge is 2.29. The van der Waals surface area contributed by atoms with Crippen molar-refractivity contribution in [1.82, 2.24) is 10.2 Å². The number of aryl methyl sites for hydroxylation is 3. The highest BCUT2D eigenvalue weighted by Crippen LogP contribution is 2.28. The second-order valence-corrected chi connectivity index (χ2v) is 10.8. The molecule has 0 N–H and O–H groups in total. The Morgan fingerprint density at radius 2 is 1.93 bits per heavy atom. The van der Waals surface area contributed by atoms with Crippen molar-refractivity contribution in [3.63, 3.8) is 0 Å². The Morgan fingerprint density at radius 3 is 2.59 bits per heavy atom. The van der Waals surface area contributed by atoms with Crippen LogP contribution in [0.2, 0.25) is 0 Å². The Bertz CT molecular complexity index is 966. The summed E-state index contributed by atoms with van der Waals surface area (Å²) >= 11 is 1.24. The van der Waals surface area contributed by atoms with Gasteiger partial charge in [0, 0.05) is 12.0 Å². The molecule has 0 bridgehead atoms.